The van der Waals surface area contributed by atoms with Gasteiger partial charge < -0.3 is 18.9 Å². The van der Waals surface area contributed by atoms with Gasteiger partial charge in [-0.25, -0.2) is 0 Å². The summed E-state index contributed by atoms with van der Waals surface area (Å²) in [7, 11) is 1.64. The molecule has 0 aromatic heterocycles. The summed E-state index contributed by atoms with van der Waals surface area (Å²) >= 11 is 0. The van der Waals surface area contributed by atoms with Crippen LogP contribution in [0.25, 0.3) is 0 Å². The average Bonchev–Trinajstić information content (AvgIpc) is 2.34. The number of hydrogen-bond acceptors (Lipinski definition) is 5. The lowest BCUT2D eigenvalue weighted by molar-refractivity contribution is -0.127. The minimum absolute atomic E-state index is 0.222. The van der Waals surface area contributed by atoms with Gasteiger partial charge in [-0.1, -0.05) is 20.8 Å². The number of hydrogen-bond donors (Lipinski definition) is 0. The van der Waals surface area contributed by atoms with Gasteiger partial charge in [0.15, 0.2) is 0 Å². The summed E-state index contributed by atoms with van der Waals surface area (Å²) in [4.78, 5) is 11.6. The normalized spacial score (nSPS) is 11.8. The maximum atomic E-state index is 11.6. The number of methoxy groups -OCH3 is 1. The first-order chi connectivity index (χ1) is 8.98. The van der Waals surface area contributed by atoms with E-state index in [4.69, 9.17) is 18.9 Å². The molecular weight excluding hydrogens is 248 g/mol. The molecule has 0 aliphatic carbocycles. The summed E-state index contributed by atoms with van der Waals surface area (Å²) in [6.07, 6.45) is 0.462. The highest BCUT2D eigenvalue weighted by molar-refractivity contribution is 5.83. The largest absolute Gasteiger partial charge is 0.382 e. The van der Waals surface area contributed by atoms with E-state index in [0.29, 0.717) is 52.7 Å². The van der Waals surface area contributed by atoms with Crippen LogP contribution in [0.15, 0.2) is 0 Å². The molecule has 5 nitrogen and oxygen atoms in total. The molecule has 0 spiro atoms. The summed E-state index contributed by atoms with van der Waals surface area (Å²) in [5, 5.41) is 0. The van der Waals surface area contributed by atoms with Crippen LogP contribution in [-0.4, -0.2) is 59.1 Å². The lowest BCUT2D eigenvalue weighted by Gasteiger charge is -2.16. The van der Waals surface area contributed by atoms with Crippen LogP contribution in [-0.2, 0) is 23.7 Å². The highest BCUT2D eigenvalue weighted by atomic mass is 16.6. The van der Waals surface area contributed by atoms with Crippen molar-refractivity contribution >= 4 is 5.78 Å². The van der Waals surface area contributed by atoms with E-state index in [-0.39, 0.29) is 11.2 Å². The van der Waals surface area contributed by atoms with Gasteiger partial charge in [-0.05, 0) is 0 Å². The van der Waals surface area contributed by atoms with E-state index in [0.717, 1.165) is 0 Å². The van der Waals surface area contributed by atoms with Crippen molar-refractivity contribution in [2.75, 3.05) is 53.4 Å². The first-order valence-corrected chi connectivity index (χ1v) is 6.74. The molecule has 19 heavy (non-hydrogen) atoms. The topological polar surface area (TPSA) is 54.0 Å². The summed E-state index contributed by atoms with van der Waals surface area (Å²) < 4.78 is 20.7. The van der Waals surface area contributed by atoms with E-state index in [1.165, 1.54) is 0 Å². The molecule has 0 bridgehead atoms. The minimum atomic E-state index is -0.278. The maximum Gasteiger partial charge on any atom is 0.140 e. The Bertz CT molecular complexity index is 222. The summed E-state index contributed by atoms with van der Waals surface area (Å²) in [5.41, 5.74) is -0.278. The summed E-state index contributed by atoms with van der Waals surface area (Å²) in [6.45, 7) is 9.55. The third kappa shape index (κ3) is 12.3. The highest BCUT2D eigenvalue weighted by Crippen LogP contribution is 2.16. The van der Waals surface area contributed by atoms with E-state index in [1.807, 2.05) is 20.8 Å². The van der Waals surface area contributed by atoms with Crippen LogP contribution in [0, 0.1) is 5.41 Å². The molecule has 0 radical (unpaired) electrons. The number of carbonyl (C=O) groups is 1. The lowest BCUT2D eigenvalue weighted by atomic mass is 9.89. The van der Waals surface area contributed by atoms with Crippen LogP contribution >= 0.6 is 0 Å². The number of Topliss-reactive ketones (excluding diaryl/α,β-unsaturated/α-hetero) is 1. The second-order valence-electron chi connectivity index (χ2n) is 5.25. The van der Waals surface area contributed by atoms with Gasteiger partial charge in [0.2, 0.25) is 0 Å². The Morgan fingerprint density at radius 2 is 1.21 bits per heavy atom. The first kappa shape index (κ1) is 18.5. The fourth-order valence-corrected chi connectivity index (χ4v) is 1.22. The fourth-order valence-electron chi connectivity index (χ4n) is 1.22. The molecule has 0 saturated carbocycles. The number of carbonyl (C=O) groups excluding carboxylic acids is 1. The van der Waals surface area contributed by atoms with Gasteiger partial charge in [-0.3, -0.25) is 4.79 Å². The zero-order chi connectivity index (χ0) is 14.6. The van der Waals surface area contributed by atoms with Crippen molar-refractivity contribution in [2.45, 2.75) is 27.2 Å². The van der Waals surface area contributed by atoms with Gasteiger partial charge >= 0.3 is 0 Å². The molecular formula is C14H28O5. The molecule has 0 atom stereocenters. The third-order valence-electron chi connectivity index (χ3n) is 2.49. The second kappa shape index (κ2) is 11.3. The first-order valence-electron chi connectivity index (χ1n) is 6.74. The van der Waals surface area contributed by atoms with Crippen LogP contribution < -0.4 is 0 Å². The monoisotopic (exact) mass is 276 g/mol. The van der Waals surface area contributed by atoms with Gasteiger partial charge in [0, 0.05) is 18.9 Å². The standard InChI is InChI=1S/C14H28O5/c1-14(2,3)13(15)5-6-17-9-10-19-12-11-18-8-7-16-4/h5-12H2,1-4H3. The van der Waals surface area contributed by atoms with Gasteiger partial charge in [0.25, 0.3) is 0 Å². The molecule has 0 heterocycles. The Morgan fingerprint density at radius 1 is 0.789 bits per heavy atom. The third-order valence-corrected chi connectivity index (χ3v) is 2.49. The van der Waals surface area contributed by atoms with E-state index in [9.17, 15) is 4.79 Å². The Balaban J connectivity index is 3.17. The van der Waals surface area contributed by atoms with Crippen LogP contribution in [0.3, 0.4) is 0 Å². The minimum Gasteiger partial charge on any atom is -0.382 e. The van der Waals surface area contributed by atoms with Crippen LogP contribution in [0.1, 0.15) is 27.2 Å². The zero-order valence-corrected chi connectivity index (χ0v) is 12.7. The summed E-state index contributed by atoms with van der Waals surface area (Å²) in [6, 6.07) is 0. The molecule has 0 aliphatic rings. The van der Waals surface area contributed by atoms with E-state index >= 15 is 0 Å². The molecule has 0 aliphatic heterocycles. The van der Waals surface area contributed by atoms with Gasteiger partial charge in [-0.2, -0.15) is 0 Å². The van der Waals surface area contributed by atoms with Crippen LogP contribution in [0.5, 0.6) is 0 Å². The molecule has 0 rings (SSSR count). The van der Waals surface area contributed by atoms with Crippen molar-refractivity contribution in [3.8, 4) is 0 Å². The Labute approximate surface area is 116 Å². The lowest BCUT2D eigenvalue weighted by Crippen LogP contribution is -2.22. The van der Waals surface area contributed by atoms with E-state index in [2.05, 4.69) is 0 Å². The Kier molecular flexibility index (Phi) is 11.1. The molecule has 0 N–H and O–H groups in total. The van der Waals surface area contributed by atoms with Gasteiger partial charge in [0.05, 0.1) is 46.2 Å². The van der Waals surface area contributed by atoms with Crippen molar-refractivity contribution in [1.29, 1.82) is 0 Å². The predicted octanol–water partition coefficient (Wildman–Crippen LogP) is 1.69. The predicted molar refractivity (Wildman–Crippen MR) is 73.4 cm³/mol. The number of ketones is 1. The van der Waals surface area contributed by atoms with Gasteiger partial charge in [-0.15, -0.1) is 0 Å². The molecule has 0 fully saturated rings. The van der Waals surface area contributed by atoms with Crippen LogP contribution in [0.4, 0.5) is 0 Å². The smallest absolute Gasteiger partial charge is 0.140 e. The quantitative estimate of drug-likeness (QED) is 0.508. The molecule has 114 valence electrons. The average molecular weight is 276 g/mol. The SMILES string of the molecule is COCCOCCOCCOCCC(=O)C(C)(C)C. The van der Waals surface area contributed by atoms with Crippen LogP contribution in [0.2, 0.25) is 0 Å². The van der Waals surface area contributed by atoms with Crippen molar-refractivity contribution in [3.63, 3.8) is 0 Å². The zero-order valence-electron chi connectivity index (χ0n) is 12.7. The molecule has 0 amide bonds. The summed E-state index contributed by atoms with van der Waals surface area (Å²) in [5.74, 6) is 0.222. The molecule has 0 aromatic rings. The number of rotatable bonds is 12. The number of ether oxygens (including phenoxy) is 4. The fraction of sp³-hybridized carbons (Fsp3) is 0.929. The van der Waals surface area contributed by atoms with E-state index < -0.39 is 0 Å². The maximum absolute atomic E-state index is 11.6. The molecule has 0 saturated heterocycles. The van der Waals surface area contributed by atoms with Crippen molar-refractivity contribution in [1.82, 2.24) is 0 Å². The van der Waals surface area contributed by atoms with E-state index in [1.54, 1.807) is 7.11 Å². The van der Waals surface area contributed by atoms with Crippen molar-refractivity contribution in [3.05, 3.63) is 0 Å². The Morgan fingerprint density at radius 3 is 1.63 bits per heavy atom. The highest BCUT2D eigenvalue weighted by Gasteiger charge is 2.20. The molecule has 5 heteroatoms. The van der Waals surface area contributed by atoms with Crippen molar-refractivity contribution in [2.24, 2.45) is 5.41 Å². The second-order valence-corrected chi connectivity index (χ2v) is 5.25. The Hall–Kier alpha value is -0.490. The molecule has 0 unspecified atom stereocenters. The van der Waals surface area contributed by atoms with Crippen molar-refractivity contribution < 1.29 is 23.7 Å². The molecule has 0 aromatic carbocycles. The van der Waals surface area contributed by atoms with Gasteiger partial charge in [0.1, 0.15) is 5.78 Å².